The quantitative estimate of drug-likeness (QED) is 0.318. The number of carbonyl (C=O) groups excluding carboxylic acids is 1. The molecule has 1 aliphatic rings. The molecule has 0 aliphatic carbocycles. The third-order valence-electron chi connectivity index (χ3n) is 6.16. The van der Waals surface area contributed by atoms with Crippen molar-refractivity contribution in [3.05, 3.63) is 89.5 Å². The fourth-order valence-electron chi connectivity index (χ4n) is 4.60. The van der Waals surface area contributed by atoms with Crippen LogP contribution in [0.4, 0.5) is 5.95 Å². The Kier molecular flexibility index (Phi) is 6.62. The zero-order valence-corrected chi connectivity index (χ0v) is 20.7. The number of imidazole rings is 1. The zero-order valence-electron chi connectivity index (χ0n) is 20.7. The van der Waals surface area contributed by atoms with Crippen molar-refractivity contribution in [3.63, 3.8) is 0 Å². The molecule has 4 aromatic rings. The van der Waals surface area contributed by atoms with Crippen molar-refractivity contribution in [2.24, 2.45) is 0 Å². The number of aromatic nitrogens is 2. The lowest BCUT2D eigenvalue weighted by Crippen LogP contribution is -2.29. The van der Waals surface area contributed by atoms with Crippen LogP contribution in [-0.2, 0) is 9.53 Å². The van der Waals surface area contributed by atoms with Crippen LogP contribution in [0.5, 0.6) is 11.5 Å². The highest BCUT2D eigenvalue weighted by Crippen LogP contribution is 2.44. The Bertz CT molecular complexity index is 1430. The topological polar surface area (TPSA) is 74.6 Å². The smallest absolute Gasteiger partial charge is 0.338 e. The number of methoxy groups -OCH3 is 1. The Morgan fingerprint density at radius 1 is 1.00 bits per heavy atom. The van der Waals surface area contributed by atoms with E-state index < -0.39 is 6.04 Å². The number of ether oxygens (including phenoxy) is 3. The van der Waals surface area contributed by atoms with Crippen LogP contribution >= 0.6 is 0 Å². The summed E-state index contributed by atoms with van der Waals surface area (Å²) in [5, 5.41) is 3.43. The van der Waals surface area contributed by atoms with Crippen LogP contribution in [0.3, 0.4) is 0 Å². The van der Waals surface area contributed by atoms with Crippen LogP contribution in [-0.4, -0.2) is 35.8 Å². The van der Waals surface area contributed by atoms with E-state index in [9.17, 15) is 4.79 Å². The zero-order chi connectivity index (χ0) is 25.1. The first-order valence-electron chi connectivity index (χ1n) is 12.2. The molecule has 3 aromatic carbocycles. The summed E-state index contributed by atoms with van der Waals surface area (Å²) in [5.41, 5.74) is 4.65. The first-order chi connectivity index (χ1) is 17.7. The van der Waals surface area contributed by atoms with Gasteiger partial charge in [-0.05, 0) is 48.7 Å². The highest BCUT2D eigenvalue weighted by atomic mass is 16.5. The summed E-state index contributed by atoms with van der Waals surface area (Å²) in [6, 6.07) is 23.0. The molecule has 0 bridgehead atoms. The largest absolute Gasteiger partial charge is 0.493 e. The average molecular weight is 484 g/mol. The summed E-state index contributed by atoms with van der Waals surface area (Å²) in [6.07, 6.45) is 0.889. The Morgan fingerprint density at radius 2 is 1.78 bits per heavy atom. The number of para-hydroxylation sites is 2. The minimum Gasteiger partial charge on any atom is -0.493 e. The van der Waals surface area contributed by atoms with Crippen LogP contribution in [0.1, 0.15) is 37.4 Å². The van der Waals surface area contributed by atoms with E-state index in [4.69, 9.17) is 19.2 Å². The molecule has 1 N–H and O–H groups in total. The third-order valence-corrected chi connectivity index (χ3v) is 6.16. The number of hydrogen-bond donors (Lipinski definition) is 1. The predicted octanol–water partition coefficient (Wildman–Crippen LogP) is 5.82. The summed E-state index contributed by atoms with van der Waals surface area (Å²) >= 11 is 0. The SMILES string of the molecule is CCCOc1ccc(C2C(C(=O)OCC)=C(c3ccccc3)Nc3nc4ccccc4n32)cc1OC. The molecule has 0 spiro atoms. The third kappa shape index (κ3) is 4.17. The second-order valence-electron chi connectivity index (χ2n) is 8.46. The van der Waals surface area contributed by atoms with Gasteiger partial charge in [-0.2, -0.15) is 0 Å². The maximum atomic E-state index is 13.6. The summed E-state index contributed by atoms with van der Waals surface area (Å²) in [4.78, 5) is 18.4. The number of hydrogen-bond acceptors (Lipinski definition) is 6. The maximum Gasteiger partial charge on any atom is 0.338 e. The van der Waals surface area contributed by atoms with Gasteiger partial charge in [0.1, 0.15) is 0 Å². The molecule has 5 rings (SSSR count). The molecule has 0 saturated heterocycles. The molecule has 1 atom stereocenters. The standard InChI is InChI=1S/C29H29N3O4/c1-4-17-36-23-16-15-20(18-24(23)34-3)27-25(28(33)35-5-2)26(19-11-7-6-8-12-19)31-29-30-21-13-9-10-14-22(21)32(27)29/h6-16,18,27H,4-5,17H2,1-3H3,(H,30,31). The molecule has 0 radical (unpaired) electrons. The van der Waals surface area contributed by atoms with Gasteiger partial charge in [0.15, 0.2) is 11.5 Å². The van der Waals surface area contributed by atoms with E-state index in [-0.39, 0.29) is 12.6 Å². The van der Waals surface area contributed by atoms with Gasteiger partial charge in [0.2, 0.25) is 5.95 Å². The van der Waals surface area contributed by atoms with Crippen molar-refractivity contribution in [1.29, 1.82) is 0 Å². The summed E-state index contributed by atoms with van der Waals surface area (Å²) in [6.45, 7) is 4.73. The second kappa shape index (κ2) is 10.2. The first kappa shape index (κ1) is 23.5. The molecule has 184 valence electrons. The molecule has 7 heteroatoms. The van der Waals surface area contributed by atoms with Crippen LogP contribution in [0.2, 0.25) is 0 Å². The second-order valence-corrected chi connectivity index (χ2v) is 8.46. The molecule has 2 heterocycles. The lowest BCUT2D eigenvalue weighted by Gasteiger charge is -2.31. The van der Waals surface area contributed by atoms with Gasteiger partial charge in [0.05, 0.1) is 48.7 Å². The van der Waals surface area contributed by atoms with Gasteiger partial charge in [-0.3, -0.25) is 4.57 Å². The number of nitrogens with one attached hydrogen (secondary N) is 1. The Labute approximate surface area is 210 Å². The lowest BCUT2D eigenvalue weighted by atomic mass is 9.92. The summed E-state index contributed by atoms with van der Waals surface area (Å²) in [5.74, 6) is 1.54. The Morgan fingerprint density at radius 3 is 2.53 bits per heavy atom. The van der Waals surface area contributed by atoms with Gasteiger partial charge < -0.3 is 19.5 Å². The number of anilines is 1. The van der Waals surface area contributed by atoms with Crippen molar-refractivity contribution in [1.82, 2.24) is 9.55 Å². The molecule has 7 nitrogen and oxygen atoms in total. The molecule has 1 aliphatic heterocycles. The van der Waals surface area contributed by atoms with E-state index in [1.165, 1.54) is 0 Å². The van der Waals surface area contributed by atoms with Gasteiger partial charge in [-0.25, -0.2) is 9.78 Å². The van der Waals surface area contributed by atoms with E-state index in [0.717, 1.165) is 28.6 Å². The number of rotatable bonds is 8. The summed E-state index contributed by atoms with van der Waals surface area (Å²) < 4.78 is 19.2. The molecule has 0 amide bonds. The average Bonchev–Trinajstić information content (AvgIpc) is 3.29. The number of fused-ring (bicyclic) bond motifs is 3. The van der Waals surface area contributed by atoms with Crippen LogP contribution in [0.15, 0.2) is 78.4 Å². The molecule has 1 aromatic heterocycles. The van der Waals surface area contributed by atoms with Gasteiger partial charge in [-0.15, -0.1) is 0 Å². The molecular formula is C29H29N3O4. The van der Waals surface area contributed by atoms with Crippen molar-refractivity contribution in [3.8, 4) is 11.5 Å². The van der Waals surface area contributed by atoms with Crippen molar-refractivity contribution >= 4 is 28.6 Å². The minimum absolute atomic E-state index is 0.266. The van der Waals surface area contributed by atoms with Gasteiger partial charge in [-0.1, -0.05) is 55.5 Å². The number of esters is 1. The molecule has 1 unspecified atom stereocenters. The van der Waals surface area contributed by atoms with Crippen LogP contribution in [0, 0.1) is 0 Å². The fraction of sp³-hybridized carbons (Fsp3) is 0.241. The van der Waals surface area contributed by atoms with E-state index in [2.05, 4.69) is 16.8 Å². The summed E-state index contributed by atoms with van der Waals surface area (Å²) in [7, 11) is 1.62. The minimum atomic E-state index is -0.503. The van der Waals surface area contributed by atoms with Gasteiger partial charge >= 0.3 is 5.97 Å². The highest BCUT2D eigenvalue weighted by molar-refractivity contribution is 6.03. The van der Waals surface area contributed by atoms with Crippen LogP contribution in [0.25, 0.3) is 16.7 Å². The van der Waals surface area contributed by atoms with Crippen molar-refractivity contribution in [2.75, 3.05) is 25.6 Å². The lowest BCUT2D eigenvalue weighted by molar-refractivity contribution is -0.138. The molecule has 0 saturated carbocycles. The Balaban J connectivity index is 1.78. The van der Waals surface area contributed by atoms with Gasteiger partial charge in [0.25, 0.3) is 0 Å². The molecular weight excluding hydrogens is 454 g/mol. The molecule has 36 heavy (non-hydrogen) atoms. The number of nitrogens with zero attached hydrogens (tertiary/aromatic N) is 2. The van der Waals surface area contributed by atoms with E-state index in [1.807, 2.05) is 79.7 Å². The monoisotopic (exact) mass is 483 g/mol. The van der Waals surface area contributed by atoms with E-state index >= 15 is 0 Å². The first-order valence-corrected chi connectivity index (χ1v) is 12.2. The normalized spacial score (nSPS) is 14.8. The van der Waals surface area contributed by atoms with Crippen LogP contribution < -0.4 is 14.8 Å². The molecule has 0 fully saturated rings. The maximum absolute atomic E-state index is 13.6. The number of carbonyl (C=O) groups is 1. The predicted molar refractivity (Wildman–Crippen MR) is 140 cm³/mol. The van der Waals surface area contributed by atoms with E-state index in [1.54, 1.807) is 7.11 Å². The van der Waals surface area contributed by atoms with E-state index in [0.29, 0.717) is 35.3 Å². The number of benzene rings is 3. The van der Waals surface area contributed by atoms with Crippen molar-refractivity contribution in [2.45, 2.75) is 26.3 Å². The van der Waals surface area contributed by atoms with Gasteiger partial charge in [0, 0.05) is 0 Å². The fourth-order valence-corrected chi connectivity index (χ4v) is 4.60. The highest BCUT2D eigenvalue weighted by Gasteiger charge is 2.37. The van der Waals surface area contributed by atoms with Crippen molar-refractivity contribution < 1.29 is 19.0 Å². The Hall–Kier alpha value is -4.26.